The summed E-state index contributed by atoms with van der Waals surface area (Å²) >= 11 is 0. The maximum Gasteiger partial charge on any atom is 0.126 e. The van der Waals surface area contributed by atoms with Crippen LogP contribution in [0, 0.1) is 0 Å². The van der Waals surface area contributed by atoms with Crippen molar-refractivity contribution < 1.29 is 9.47 Å². The van der Waals surface area contributed by atoms with Crippen molar-refractivity contribution in [2.75, 3.05) is 26.3 Å². The molecule has 2 aliphatic heterocycles. The summed E-state index contributed by atoms with van der Waals surface area (Å²) in [4.78, 5) is 2.61. The highest BCUT2D eigenvalue weighted by Gasteiger charge is 2.38. The fourth-order valence-corrected chi connectivity index (χ4v) is 3.72. The van der Waals surface area contributed by atoms with Crippen LogP contribution in [-0.2, 0) is 0 Å². The van der Waals surface area contributed by atoms with E-state index in [9.17, 15) is 0 Å². The molecule has 2 atom stereocenters. The molecular formula is C17H25NO2. The molecule has 3 rings (SSSR count). The van der Waals surface area contributed by atoms with Crippen molar-refractivity contribution in [3.8, 4) is 11.5 Å². The number of piperidine rings is 1. The summed E-state index contributed by atoms with van der Waals surface area (Å²) in [6, 6.07) is 6.74. The lowest BCUT2D eigenvalue weighted by Gasteiger charge is -2.44. The highest BCUT2D eigenvalue weighted by atomic mass is 16.5. The monoisotopic (exact) mass is 275 g/mol. The third-order valence-electron chi connectivity index (χ3n) is 4.51. The van der Waals surface area contributed by atoms with Gasteiger partial charge in [-0.1, -0.05) is 13.0 Å². The molecule has 2 heterocycles. The summed E-state index contributed by atoms with van der Waals surface area (Å²) in [5.74, 6) is 2.63. The Balaban J connectivity index is 1.93. The molecule has 110 valence electrons. The average Bonchev–Trinajstić information content (AvgIpc) is 2.48. The first-order valence-electron chi connectivity index (χ1n) is 7.97. The lowest BCUT2D eigenvalue weighted by atomic mass is 9.81. The van der Waals surface area contributed by atoms with Gasteiger partial charge < -0.3 is 9.47 Å². The molecule has 0 radical (unpaired) electrons. The molecule has 0 amide bonds. The largest absolute Gasteiger partial charge is 0.493 e. The standard InChI is InChI=1S/C17H25NO2/c1-3-10-18-11-6-7-13-14(18)12-20-16-9-5-8-15(17(13)16)19-4-2/h5,8-9,13-14H,3-4,6-7,10-12H2,1-2H3/t13-,14+/m0/s1. The average molecular weight is 275 g/mol. The van der Waals surface area contributed by atoms with Crippen LogP contribution in [0.1, 0.15) is 44.6 Å². The van der Waals surface area contributed by atoms with Crippen LogP contribution in [0.4, 0.5) is 0 Å². The Bertz CT molecular complexity index is 458. The van der Waals surface area contributed by atoms with Crippen LogP contribution in [0.15, 0.2) is 18.2 Å². The quantitative estimate of drug-likeness (QED) is 0.840. The van der Waals surface area contributed by atoms with E-state index >= 15 is 0 Å². The van der Waals surface area contributed by atoms with E-state index in [4.69, 9.17) is 9.47 Å². The molecule has 0 unspecified atom stereocenters. The van der Waals surface area contributed by atoms with Gasteiger partial charge in [0.15, 0.2) is 0 Å². The van der Waals surface area contributed by atoms with E-state index in [1.165, 1.54) is 37.9 Å². The van der Waals surface area contributed by atoms with E-state index in [2.05, 4.69) is 24.0 Å². The zero-order chi connectivity index (χ0) is 13.9. The molecular weight excluding hydrogens is 250 g/mol. The third kappa shape index (κ3) is 2.39. The number of benzene rings is 1. The molecule has 0 aromatic heterocycles. The molecule has 3 nitrogen and oxygen atoms in total. The zero-order valence-electron chi connectivity index (χ0n) is 12.6. The van der Waals surface area contributed by atoms with Crippen LogP contribution in [-0.4, -0.2) is 37.2 Å². The maximum atomic E-state index is 6.03. The van der Waals surface area contributed by atoms with Crippen molar-refractivity contribution in [2.45, 2.75) is 45.1 Å². The van der Waals surface area contributed by atoms with E-state index in [-0.39, 0.29) is 0 Å². The molecule has 3 heteroatoms. The van der Waals surface area contributed by atoms with Gasteiger partial charge in [-0.3, -0.25) is 4.90 Å². The highest BCUT2D eigenvalue weighted by Crippen LogP contribution is 2.45. The second-order valence-corrected chi connectivity index (χ2v) is 5.76. The molecule has 0 saturated carbocycles. The second-order valence-electron chi connectivity index (χ2n) is 5.76. The summed E-state index contributed by atoms with van der Waals surface area (Å²) in [7, 11) is 0. The van der Waals surface area contributed by atoms with Gasteiger partial charge in [0.05, 0.1) is 12.6 Å². The highest BCUT2D eigenvalue weighted by molar-refractivity contribution is 5.49. The van der Waals surface area contributed by atoms with Crippen LogP contribution in [0.2, 0.25) is 0 Å². The number of likely N-dealkylation sites (tertiary alicyclic amines) is 1. The van der Waals surface area contributed by atoms with Gasteiger partial charge in [0.2, 0.25) is 0 Å². The number of hydrogen-bond acceptors (Lipinski definition) is 3. The van der Waals surface area contributed by atoms with Crippen LogP contribution in [0.25, 0.3) is 0 Å². The fourth-order valence-electron chi connectivity index (χ4n) is 3.72. The van der Waals surface area contributed by atoms with E-state index in [0.29, 0.717) is 18.6 Å². The van der Waals surface area contributed by atoms with Crippen molar-refractivity contribution in [3.05, 3.63) is 23.8 Å². The van der Waals surface area contributed by atoms with E-state index < -0.39 is 0 Å². The minimum absolute atomic E-state index is 0.526. The summed E-state index contributed by atoms with van der Waals surface area (Å²) in [6.45, 7) is 8.23. The Labute approximate surface area is 121 Å². The number of nitrogens with zero attached hydrogens (tertiary/aromatic N) is 1. The summed E-state index contributed by atoms with van der Waals surface area (Å²) in [5.41, 5.74) is 1.31. The van der Waals surface area contributed by atoms with Crippen LogP contribution < -0.4 is 9.47 Å². The lowest BCUT2D eigenvalue weighted by Crippen LogP contribution is -2.49. The molecule has 1 saturated heterocycles. The molecule has 1 aromatic carbocycles. The molecule has 1 fully saturated rings. The van der Waals surface area contributed by atoms with Gasteiger partial charge in [0.1, 0.15) is 18.1 Å². The predicted octanol–water partition coefficient (Wildman–Crippen LogP) is 3.44. The Morgan fingerprint density at radius 2 is 2.25 bits per heavy atom. The van der Waals surface area contributed by atoms with E-state index in [1.54, 1.807) is 0 Å². The number of rotatable bonds is 4. The zero-order valence-corrected chi connectivity index (χ0v) is 12.6. The van der Waals surface area contributed by atoms with Gasteiger partial charge in [-0.15, -0.1) is 0 Å². The molecule has 0 bridgehead atoms. The topological polar surface area (TPSA) is 21.7 Å². The van der Waals surface area contributed by atoms with Crippen molar-refractivity contribution >= 4 is 0 Å². The first-order valence-corrected chi connectivity index (χ1v) is 7.97. The van der Waals surface area contributed by atoms with Crippen molar-refractivity contribution in [1.82, 2.24) is 4.90 Å². The minimum Gasteiger partial charge on any atom is -0.493 e. The normalized spacial score (nSPS) is 25.5. The van der Waals surface area contributed by atoms with E-state index in [1.807, 2.05) is 13.0 Å². The van der Waals surface area contributed by atoms with Crippen molar-refractivity contribution in [1.29, 1.82) is 0 Å². The smallest absolute Gasteiger partial charge is 0.126 e. The lowest BCUT2D eigenvalue weighted by molar-refractivity contribution is 0.0643. The third-order valence-corrected chi connectivity index (χ3v) is 4.51. The van der Waals surface area contributed by atoms with Gasteiger partial charge in [-0.25, -0.2) is 0 Å². The minimum atomic E-state index is 0.526. The van der Waals surface area contributed by atoms with Gasteiger partial charge in [0, 0.05) is 11.5 Å². The first kappa shape index (κ1) is 13.7. The van der Waals surface area contributed by atoms with Gasteiger partial charge in [-0.2, -0.15) is 0 Å². The summed E-state index contributed by atoms with van der Waals surface area (Å²) in [6.07, 6.45) is 3.75. The van der Waals surface area contributed by atoms with E-state index in [0.717, 1.165) is 18.1 Å². The van der Waals surface area contributed by atoms with Crippen LogP contribution in [0.5, 0.6) is 11.5 Å². The molecule has 0 aliphatic carbocycles. The van der Waals surface area contributed by atoms with Crippen molar-refractivity contribution in [3.63, 3.8) is 0 Å². The Kier molecular flexibility index (Phi) is 4.16. The summed E-state index contributed by atoms with van der Waals surface area (Å²) < 4.78 is 11.9. The molecule has 20 heavy (non-hydrogen) atoms. The van der Waals surface area contributed by atoms with Crippen LogP contribution in [0.3, 0.4) is 0 Å². The van der Waals surface area contributed by atoms with Gasteiger partial charge in [0.25, 0.3) is 0 Å². The Morgan fingerprint density at radius 3 is 3.05 bits per heavy atom. The SMILES string of the molecule is CCCN1CCC[C@@H]2c3c(OCC)cccc3OC[C@H]21. The Morgan fingerprint density at radius 1 is 1.35 bits per heavy atom. The number of hydrogen-bond donors (Lipinski definition) is 0. The fraction of sp³-hybridized carbons (Fsp3) is 0.647. The Hall–Kier alpha value is -1.22. The number of ether oxygens (including phenoxy) is 2. The molecule has 1 aromatic rings. The second kappa shape index (κ2) is 6.04. The molecule has 0 N–H and O–H groups in total. The maximum absolute atomic E-state index is 6.03. The van der Waals surface area contributed by atoms with Crippen LogP contribution >= 0.6 is 0 Å². The van der Waals surface area contributed by atoms with Gasteiger partial charge in [-0.05, 0) is 51.4 Å². The molecule has 0 spiro atoms. The first-order chi connectivity index (χ1) is 9.85. The van der Waals surface area contributed by atoms with Crippen molar-refractivity contribution in [2.24, 2.45) is 0 Å². The summed E-state index contributed by atoms with van der Waals surface area (Å²) in [5, 5.41) is 0. The van der Waals surface area contributed by atoms with Gasteiger partial charge >= 0.3 is 0 Å². The molecule has 2 aliphatic rings. The number of fused-ring (bicyclic) bond motifs is 3. The predicted molar refractivity (Wildman–Crippen MR) is 80.7 cm³/mol.